The van der Waals surface area contributed by atoms with Crippen LogP contribution in [-0.4, -0.2) is 16.0 Å². The van der Waals surface area contributed by atoms with Crippen LogP contribution in [0.15, 0.2) is 18.2 Å². The van der Waals surface area contributed by atoms with Gasteiger partial charge in [-0.15, -0.1) is 0 Å². The average Bonchev–Trinajstić information content (AvgIpc) is 2.84. The lowest BCUT2D eigenvalue weighted by molar-refractivity contribution is 0.357. The number of rotatable bonds is 1. The highest BCUT2D eigenvalue weighted by Gasteiger charge is 2.14. The summed E-state index contributed by atoms with van der Waals surface area (Å²) < 4.78 is 9.61. The summed E-state index contributed by atoms with van der Waals surface area (Å²) in [5.74, 6) is 1.68. The van der Waals surface area contributed by atoms with Gasteiger partial charge in [0.25, 0.3) is 0 Å². The normalized spacial score (nSPS) is 13.6. The number of benzene rings is 1. The number of fused-ring (bicyclic) bond motifs is 1. The third kappa shape index (κ3) is 1.45. The molecule has 2 N–H and O–H groups in total. The highest BCUT2D eigenvalue weighted by atomic mass is 32.1. The zero-order valence-electron chi connectivity index (χ0n) is 7.93. The Bertz CT molecular complexity index is 509. The number of hydrogen-bond acceptors (Lipinski definition) is 5. The summed E-state index contributed by atoms with van der Waals surface area (Å²) >= 11 is 1.22. The van der Waals surface area contributed by atoms with Gasteiger partial charge in [0.15, 0.2) is 11.0 Å². The number of nitrogen functional groups attached to an aromatic ring is 1. The van der Waals surface area contributed by atoms with E-state index in [9.17, 15) is 0 Å². The van der Waals surface area contributed by atoms with E-state index in [-0.39, 0.29) is 0 Å². The number of aromatic nitrogens is 2. The van der Waals surface area contributed by atoms with Crippen LogP contribution in [0, 0.1) is 0 Å². The molecule has 0 radical (unpaired) electrons. The highest BCUT2D eigenvalue weighted by molar-refractivity contribution is 7.09. The van der Waals surface area contributed by atoms with Crippen molar-refractivity contribution in [2.24, 2.45) is 0 Å². The van der Waals surface area contributed by atoms with Crippen molar-refractivity contribution in [1.82, 2.24) is 9.36 Å². The molecule has 15 heavy (non-hydrogen) atoms. The Labute approximate surface area is 90.9 Å². The molecule has 2 heterocycles. The third-order valence-corrected chi connectivity index (χ3v) is 2.93. The van der Waals surface area contributed by atoms with Crippen LogP contribution in [0.4, 0.5) is 5.13 Å². The van der Waals surface area contributed by atoms with Gasteiger partial charge in [-0.1, -0.05) is 0 Å². The molecule has 0 atom stereocenters. The second kappa shape index (κ2) is 3.20. The van der Waals surface area contributed by atoms with E-state index in [4.69, 9.17) is 10.5 Å². The Morgan fingerprint density at radius 3 is 3.13 bits per heavy atom. The van der Waals surface area contributed by atoms with Gasteiger partial charge in [0.2, 0.25) is 0 Å². The summed E-state index contributed by atoms with van der Waals surface area (Å²) in [7, 11) is 0. The smallest absolute Gasteiger partial charge is 0.200 e. The molecule has 1 aromatic heterocycles. The molecule has 0 unspecified atom stereocenters. The molecule has 2 aromatic rings. The zero-order chi connectivity index (χ0) is 10.3. The number of nitrogens with zero attached hydrogens (tertiary/aromatic N) is 2. The molecule has 0 amide bonds. The molecule has 1 aromatic carbocycles. The number of anilines is 1. The Morgan fingerprint density at radius 1 is 1.40 bits per heavy atom. The Hall–Kier alpha value is -1.62. The summed E-state index contributed by atoms with van der Waals surface area (Å²) in [5.41, 5.74) is 7.78. The minimum atomic E-state index is 0.502. The van der Waals surface area contributed by atoms with Gasteiger partial charge in [-0.2, -0.15) is 9.36 Å². The standard InChI is InChI=1S/C10H9N3OS/c11-10-12-9(13-15-10)7-1-2-8-6(5-7)3-4-14-8/h1-2,5H,3-4H2,(H2,11,12,13). The first-order valence-corrected chi connectivity index (χ1v) is 5.45. The highest BCUT2D eigenvalue weighted by Crippen LogP contribution is 2.29. The number of ether oxygens (including phenoxy) is 1. The van der Waals surface area contributed by atoms with Crippen LogP contribution in [0.2, 0.25) is 0 Å². The summed E-state index contributed by atoms with van der Waals surface area (Å²) in [5, 5.41) is 0.502. The van der Waals surface area contributed by atoms with E-state index in [1.54, 1.807) is 0 Å². The second-order valence-electron chi connectivity index (χ2n) is 3.38. The predicted octanol–water partition coefficient (Wildman–Crippen LogP) is 1.72. The van der Waals surface area contributed by atoms with Crippen molar-refractivity contribution in [2.75, 3.05) is 12.3 Å². The largest absolute Gasteiger partial charge is 0.493 e. The summed E-state index contributed by atoms with van der Waals surface area (Å²) in [6.45, 7) is 0.769. The molecule has 4 nitrogen and oxygen atoms in total. The second-order valence-corrected chi connectivity index (χ2v) is 4.16. The SMILES string of the molecule is Nc1nc(-c2ccc3c(c2)CCO3)ns1. The van der Waals surface area contributed by atoms with Crippen molar-refractivity contribution in [2.45, 2.75) is 6.42 Å². The fourth-order valence-corrected chi connectivity index (χ4v) is 2.13. The van der Waals surface area contributed by atoms with Crippen molar-refractivity contribution < 1.29 is 4.74 Å². The predicted molar refractivity (Wildman–Crippen MR) is 59.0 cm³/mol. The van der Waals surface area contributed by atoms with Crippen molar-refractivity contribution in [1.29, 1.82) is 0 Å². The van der Waals surface area contributed by atoms with Crippen LogP contribution in [0.5, 0.6) is 5.75 Å². The molecule has 0 saturated heterocycles. The van der Waals surface area contributed by atoms with Gasteiger partial charge >= 0.3 is 0 Å². The molecule has 0 spiro atoms. The van der Waals surface area contributed by atoms with Crippen molar-refractivity contribution >= 4 is 16.7 Å². The maximum atomic E-state index is 5.55. The van der Waals surface area contributed by atoms with Crippen LogP contribution >= 0.6 is 11.5 Å². The van der Waals surface area contributed by atoms with E-state index >= 15 is 0 Å². The lowest BCUT2D eigenvalue weighted by Crippen LogP contribution is -1.85. The maximum Gasteiger partial charge on any atom is 0.200 e. The molecule has 76 valence electrons. The molecule has 0 aliphatic carbocycles. The molecule has 0 bridgehead atoms. The Morgan fingerprint density at radius 2 is 2.33 bits per heavy atom. The fraction of sp³-hybridized carbons (Fsp3) is 0.200. The van der Waals surface area contributed by atoms with Gasteiger partial charge < -0.3 is 10.5 Å². The minimum Gasteiger partial charge on any atom is -0.493 e. The molecule has 0 saturated carbocycles. The molecule has 1 aliphatic heterocycles. The first-order chi connectivity index (χ1) is 7.33. The topological polar surface area (TPSA) is 61.0 Å². The van der Waals surface area contributed by atoms with Crippen molar-refractivity contribution in [3.63, 3.8) is 0 Å². The Kier molecular flexibility index (Phi) is 1.85. The zero-order valence-corrected chi connectivity index (χ0v) is 8.75. The Balaban J connectivity index is 2.06. The maximum absolute atomic E-state index is 5.55. The average molecular weight is 219 g/mol. The van der Waals surface area contributed by atoms with E-state index in [1.807, 2.05) is 12.1 Å². The van der Waals surface area contributed by atoms with Crippen LogP contribution < -0.4 is 10.5 Å². The van der Waals surface area contributed by atoms with Crippen molar-refractivity contribution in [3.8, 4) is 17.1 Å². The van der Waals surface area contributed by atoms with Crippen LogP contribution in [0.1, 0.15) is 5.56 Å². The quantitative estimate of drug-likeness (QED) is 0.793. The minimum absolute atomic E-state index is 0.502. The van der Waals surface area contributed by atoms with Gasteiger partial charge in [0, 0.05) is 23.5 Å². The van der Waals surface area contributed by atoms with Crippen molar-refractivity contribution in [3.05, 3.63) is 23.8 Å². The fourth-order valence-electron chi connectivity index (χ4n) is 1.68. The molecule has 0 fully saturated rings. The van der Waals surface area contributed by atoms with Gasteiger partial charge in [-0.3, -0.25) is 0 Å². The lowest BCUT2D eigenvalue weighted by atomic mass is 10.1. The van der Waals surface area contributed by atoms with E-state index in [1.165, 1.54) is 17.1 Å². The summed E-state index contributed by atoms with van der Waals surface area (Å²) in [6.07, 6.45) is 0.961. The molecular formula is C10H9N3OS. The van der Waals surface area contributed by atoms with Gasteiger partial charge in [-0.25, -0.2) is 0 Å². The number of hydrogen-bond donors (Lipinski definition) is 1. The van der Waals surface area contributed by atoms with Crippen LogP contribution in [0.25, 0.3) is 11.4 Å². The third-order valence-electron chi connectivity index (χ3n) is 2.39. The molecule has 1 aliphatic rings. The van der Waals surface area contributed by atoms with Gasteiger partial charge in [0.05, 0.1) is 6.61 Å². The van der Waals surface area contributed by atoms with Gasteiger partial charge in [0.1, 0.15) is 5.75 Å². The first-order valence-electron chi connectivity index (χ1n) is 4.68. The summed E-state index contributed by atoms with van der Waals surface area (Å²) in [6, 6.07) is 6.00. The van der Waals surface area contributed by atoms with Gasteiger partial charge in [-0.05, 0) is 23.8 Å². The van der Waals surface area contributed by atoms with E-state index in [0.717, 1.165) is 24.3 Å². The van der Waals surface area contributed by atoms with E-state index in [2.05, 4.69) is 15.4 Å². The monoisotopic (exact) mass is 219 g/mol. The van der Waals surface area contributed by atoms with Crippen LogP contribution in [0.3, 0.4) is 0 Å². The number of nitrogens with two attached hydrogens (primary N) is 1. The van der Waals surface area contributed by atoms with Crippen LogP contribution in [-0.2, 0) is 6.42 Å². The summed E-state index contributed by atoms with van der Waals surface area (Å²) in [4.78, 5) is 4.15. The molecule has 3 rings (SSSR count). The first kappa shape index (κ1) is 8.67. The molecular weight excluding hydrogens is 210 g/mol. The molecule has 5 heteroatoms. The van der Waals surface area contributed by atoms with E-state index in [0.29, 0.717) is 11.0 Å². The lowest BCUT2D eigenvalue weighted by Gasteiger charge is -1.99. The van der Waals surface area contributed by atoms with E-state index < -0.39 is 0 Å².